The average molecular weight is 351 g/mol. The Balaban J connectivity index is 2.25. The topological polar surface area (TPSA) is 27.7 Å². The Morgan fingerprint density at radius 3 is 2.10 bits per heavy atom. The Kier molecular flexibility index (Phi) is 5.51. The highest BCUT2D eigenvalue weighted by Gasteiger charge is 2.14. The van der Waals surface area contributed by atoms with Crippen LogP contribution in [0.15, 0.2) is 42.5 Å². The molecule has 0 aliphatic carbocycles. The van der Waals surface area contributed by atoms with Gasteiger partial charge in [-0.05, 0) is 35.7 Å². The van der Waals surface area contributed by atoms with Gasteiger partial charge >= 0.3 is 0 Å². The van der Waals surface area contributed by atoms with Gasteiger partial charge in [-0.15, -0.1) is 0 Å². The molecular formula is C17H19BrO3. The SMILES string of the molecule is COc1cc(OC)cc(C(Br)Cc2ccccc2OC)c1. The van der Waals surface area contributed by atoms with E-state index in [9.17, 15) is 0 Å². The van der Waals surface area contributed by atoms with Gasteiger partial charge in [0.15, 0.2) is 0 Å². The maximum atomic E-state index is 5.40. The van der Waals surface area contributed by atoms with Crippen molar-refractivity contribution in [3.8, 4) is 17.2 Å². The zero-order chi connectivity index (χ0) is 15.2. The number of alkyl halides is 1. The van der Waals surface area contributed by atoms with Crippen molar-refractivity contribution in [1.82, 2.24) is 0 Å². The zero-order valence-electron chi connectivity index (χ0n) is 12.4. The quantitative estimate of drug-likeness (QED) is 0.723. The van der Waals surface area contributed by atoms with Gasteiger partial charge in [0.1, 0.15) is 17.2 Å². The van der Waals surface area contributed by atoms with Gasteiger partial charge in [-0.3, -0.25) is 0 Å². The summed E-state index contributed by atoms with van der Waals surface area (Å²) in [5, 5.41) is 0. The lowest BCUT2D eigenvalue weighted by molar-refractivity contribution is 0.393. The summed E-state index contributed by atoms with van der Waals surface area (Å²) in [4.78, 5) is 0.151. The van der Waals surface area contributed by atoms with E-state index in [1.54, 1.807) is 21.3 Å². The molecule has 1 atom stereocenters. The van der Waals surface area contributed by atoms with Crippen molar-refractivity contribution in [2.45, 2.75) is 11.2 Å². The molecule has 112 valence electrons. The van der Waals surface area contributed by atoms with Gasteiger partial charge in [0.05, 0.1) is 21.3 Å². The van der Waals surface area contributed by atoms with Crippen LogP contribution in [0.3, 0.4) is 0 Å². The van der Waals surface area contributed by atoms with Gasteiger partial charge in [0.25, 0.3) is 0 Å². The summed E-state index contributed by atoms with van der Waals surface area (Å²) in [6, 6.07) is 13.9. The van der Waals surface area contributed by atoms with E-state index in [1.807, 2.05) is 36.4 Å². The third-order valence-corrected chi connectivity index (χ3v) is 4.18. The minimum atomic E-state index is 0.151. The first-order valence-electron chi connectivity index (χ1n) is 6.67. The zero-order valence-corrected chi connectivity index (χ0v) is 14.0. The average Bonchev–Trinajstić information content (AvgIpc) is 2.54. The number of halogens is 1. The molecule has 0 saturated carbocycles. The van der Waals surface area contributed by atoms with E-state index in [2.05, 4.69) is 22.0 Å². The van der Waals surface area contributed by atoms with Crippen LogP contribution in [0.2, 0.25) is 0 Å². The van der Waals surface area contributed by atoms with Crippen LogP contribution >= 0.6 is 15.9 Å². The molecule has 0 amide bonds. The Labute approximate surface area is 134 Å². The molecule has 3 nitrogen and oxygen atoms in total. The normalized spacial score (nSPS) is 11.8. The molecule has 21 heavy (non-hydrogen) atoms. The summed E-state index contributed by atoms with van der Waals surface area (Å²) in [6.07, 6.45) is 0.820. The second kappa shape index (κ2) is 7.36. The molecule has 2 aromatic carbocycles. The van der Waals surface area contributed by atoms with Crippen molar-refractivity contribution >= 4 is 15.9 Å². The number of rotatable bonds is 6. The van der Waals surface area contributed by atoms with E-state index in [1.165, 1.54) is 0 Å². The van der Waals surface area contributed by atoms with E-state index >= 15 is 0 Å². The van der Waals surface area contributed by atoms with Gasteiger partial charge in [-0.2, -0.15) is 0 Å². The van der Waals surface area contributed by atoms with Crippen molar-refractivity contribution in [2.75, 3.05) is 21.3 Å². The Hall–Kier alpha value is -1.68. The van der Waals surface area contributed by atoms with Gasteiger partial charge < -0.3 is 14.2 Å². The lowest BCUT2D eigenvalue weighted by atomic mass is 10.0. The summed E-state index contributed by atoms with van der Waals surface area (Å²) in [7, 11) is 5.00. The molecule has 0 fully saturated rings. The molecule has 2 rings (SSSR count). The fourth-order valence-electron chi connectivity index (χ4n) is 2.19. The van der Waals surface area contributed by atoms with Crippen LogP contribution in [0.4, 0.5) is 0 Å². The first-order valence-corrected chi connectivity index (χ1v) is 7.58. The summed E-state index contributed by atoms with van der Waals surface area (Å²) >= 11 is 3.75. The molecule has 4 heteroatoms. The van der Waals surface area contributed by atoms with Gasteiger partial charge in [0, 0.05) is 10.9 Å². The lowest BCUT2D eigenvalue weighted by Crippen LogP contribution is -1.99. The number of methoxy groups -OCH3 is 3. The van der Waals surface area contributed by atoms with Crippen LogP contribution in [0.1, 0.15) is 16.0 Å². The monoisotopic (exact) mass is 350 g/mol. The first kappa shape index (κ1) is 15.7. The van der Waals surface area contributed by atoms with Crippen LogP contribution < -0.4 is 14.2 Å². The Bertz CT molecular complexity index is 576. The molecule has 2 aromatic rings. The Morgan fingerprint density at radius 2 is 1.52 bits per heavy atom. The molecule has 0 saturated heterocycles. The smallest absolute Gasteiger partial charge is 0.122 e. The maximum absolute atomic E-state index is 5.40. The molecule has 0 aliphatic rings. The molecule has 0 spiro atoms. The van der Waals surface area contributed by atoms with Crippen LogP contribution in [-0.4, -0.2) is 21.3 Å². The van der Waals surface area contributed by atoms with E-state index in [4.69, 9.17) is 14.2 Å². The maximum Gasteiger partial charge on any atom is 0.122 e. The fraction of sp³-hybridized carbons (Fsp3) is 0.294. The van der Waals surface area contributed by atoms with Crippen LogP contribution in [0, 0.1) is 0 Å². The molecule has 0 heterocycles. The van der Waals surface area contributed by atoms with E-state index in [-0.39, 0.29) is 4.83 Å². The molecule has 0 bridgehead atoms. The van der Waals surface area contributed by atoms with Gasteiger partial charge in [0.2, 0.25) is 0 Å². The molecule has 0 N–H and O–H groups in total. The van der Waals surface area contributed by atoms with Crippen molar-refractivity contribution in [2.24, 2.45) is 0 Å². The van der Waals surface area contributed by atoms with Crippen molar-refractivity contribution < 1.29 is 14.2 Å². The number of ether oxygens (including phenoxy) is 3. The predicted octanol–water partition coefficient (Wildman–Crippen LogP) is 4.39. The summed E-state index contributed by atoms with van der Waals surface area (Å²) in [5.74, 6) is 2.47. The summed E-state index contributed by atoms with van der Waals surface area (Å²) in [6.45, 7) is 0. The highest BCUT2D eigenvalue weighted by Crippen LogP contribution is 2.34. The molecule has 1 unspecified atom stereocenters. The summed E-state index contributed by atoms with van der Waals surface area (Å²) in [5.41, 5.74) is 2.26. The number of hydrogen-bond acceptors (Lipinski definition) is 3. The van der Waals surface area contributed by atoms with E-state index in [0.717, 1.165) is 34.8 Å². The van der Waals surface area contributed by atoms with E-state index in [0.29, 0.717) is 0 Å². The third-order valence-electron chi connectivity index (χ3n) is 3.33. The molecule has 0 aromatic heterocycles. The first-order chi connectivity index (χ1) is 10.2. The lowest BCUT2D eigenvalue weighted by Gasteiger charge is -2.15. The van der Waals surface area contributed by atoms with Crippen LogP contribution in [0.25, 0.3) is 0 Å². The molecular weight excluding hydrogens is 332 g/mol. The summed E-state index contributed by atoms with van der Waals surface area (Å²) < 4.78 is 16.0. The van der Waals surface area contributed by atoms with Crippen LogP contribution in [0.5, 0.6) is 17.2 Å². The Morgan fingerprint density at radius 1 is 0.905 bits per heavy atom. The largest absolute Gasteiger partial charge is 0.497 e. The standard InChI is InChI=1S/C17H19BrO3/c1-19-14-8-13(9-15(11-14)20-2)16(18)10-12-6-4-5-7-17(12)21-3/h4-9,11,16H,10H2,1-3H3. The van der Waals surface area contributed by atoms with Crippen LogP contribution in [-0.2, 0) is 6.42 Å². The second-order valence-electron chi connectivity index (χ2n) is 4.63. The highest BCUT2D eigenvalue weighted by atomic mass is 79.9. The predicted molar refractivity (Wildman–Crippen MR) is 87.9 cm³/mol. The van der Waals surface area contributed by atoms with E-state index < -0.39 is 0 Å². The minimum absolute atomic E-state index is 0.151. The number of hydrogen-bond donors (Lipinski definition) is 0. The van der Waals surface area contributed by atoms with Gasteiger partial charge in [-0.1, -0.05) is 34.1 Å². The third kappa shape index (κ3) is 3.91. The number of benzene rings is 2. The van der Waals surface area contributed by atoms with Crippen molar-refractivity contribution in [3.63, 3.8) is 0 Å². The fourth-order valence-corrected chi connectivity index (χ4v) is 2.81. The molecule has 0 aliphatic heterocycles. The minimum Gasteiger partial charge on any atom is -0.497 e. The molecule has 0 radical (unpaired) electrons. The van der Waals surface area contributed by atoms with Crippen molar-refractivity contribution in [1.29, 1.82) is 0 Å². The number of para-hydroxylation sites is 1. The highest BCUT2D eigenvalue weighted by molar-refractivity contribution is 9.09. The van der Waals surface area contributed by atoms with Gasteiger partial charge in [-0.25, -0.2) is 0 Å². The second-order valence-corrected chi connectivity index (χ2v) is 5.73. The van der Waals surface area contributed by atoms with Crippen molar-refractivity contribution in [3.05, 3.63) is 53.6 Å².